The molecule has 11 nitrogen and oxygen atoms in total. The molecule has 4 heterocycles. The van der Waals surface area contributed by atoms with Crippen LogP contribution in [-0.4, -0.2) is 80.1 Å². The van der Waals surface area contributed by atoms with Crippen molar-refractivity contribution in [1.29, 1.82) is 0 Å². The molecule has 2 aliphatic heterocycles. The van der Waals surface area contributed by atoms with Crippen LogP contribution in [0.1, 0.15) is 56.0 Å². The molecule has 39 heavy (non-hydrogen) atoms. The summed E-state index contributed by atoms with van der Waals surface area (Å²) in [4.78, 5) is 43.7. The van der Waals surface area contributed by atoms with Crippen LogP contribution in [0.5, 0.6) is 0 Å². The fourth-order valence-electron chi connectivity index (χ4n) is 5.99. The maximum absolute atomic E-state index is 13.3. The Morgan fingerprint density at radius 3 is 2.46 bits per heavy atom. The number of fused-ring (bicyclic) bond motifs is 1. The van der Waals surface area contributed by atoms with Gasteiger partial charge in [-0.3, -0.25) is 14.3 Å². The van der Waals surface area contributed by atoms with Gasteiger partial charge >= 0.3 is 6.09 Å². The zero-order valence-corrected chi connectivity index (χ0v) is 22.9. The fraction of sp³-hybridized carbons (Fsp3) is 0.500. The highest BCUT2D eigenvalue weighted by molar-refractivity contribution is 5.97. The number of piperidine rings is 1. The molecule has 3 aromatic rings. The zero-order chi connectivity index (χ0) is 27.9. The molecule has 2 atom stereocenters. The van der Waals surface area contributed by atoms with Gasteiger partial charge in [0.1, 0.15) is 5.39 Å². The van der Waals surface area contributed by atoms with Gasteiger partial charge in [0, 0.05) is 43.6 Å². The van der Waals surface area contributed by atoms with Crippen LogP contribution >= 0.6 is 0 Å². The molecule has 1 aromatic carbocycles. The van der Waals surface area contributed by atoms with E-state index >= 15 is 0 Å². The Balaban J connectivity index is 1.45. The minimum Gasteiger partial charge on any atom is -0.465 e. The molecule has 0 saturated carbocycles. The van der Waals surface area contributed by atoms with Crippen LogP contribution in [0.15, 0.2) is 35.3 Å². The van der Waals surface area contributed by atoms with Gasteiger partial charge in [0.25, 0.3) is 11.5 Å². The number of likely N-dealkylation sites (tertiary alicyclic amines) is 1. The summed E-state index contributed by atoms with van der Waals surface area (Å²) in [6.07, 6.45) is 2.63. The van der Waals surface area contributed by atoms with Crippen molar-refractivity contribution >= 4 is 34.4 Å². The number of hydrogen-bond acceptors (Lipinski definition) is 6. The normalized spacial score (nSPS) is 21.2. The van der Waals surface area contributed by atoms with Crippen LogP contribution in [0, 0.1) is 6.92 Å². The van der Waals surface area contributed by atoms with E-state index in [1.807, 2.05) is 54.6 Å². The number of morpholine rings is 1. The zero-order valence-electron chi connectivity index (χ0n) is 22.9. The molecular weight excluding hydrogens is 500 g/mol. The van der Waals surface area contributed by atoms with Gasteiger partial charge in [0.05, 0.1) is 23.3 Å². The summed E-state index contributed by atoms with van der Waals surface area (Å²) in [5.41, 5.74) is 2.20. The van der Waals surface area contributed by atoms with Gasteiger partial charge in [0.15, 0.2) is 5.82 Å². The molecule has 5 rings (SSSR count). The second-order valence-electron chi connectivity index (χ2n) is 10.8. The number of hydrogen-bond donors (Lipinski definition) is 3. The highest BCUT2D eigenvalue weighted by atomic mass is 16.5. The number of carboxylic acid groups (broad SMARTS) is 1. The first kappa shape index (κ1) is 26.7. The Hall–Kier alpha value is -3.86. The predicted molar refractivity (Wildman–Crippen MR) is 148 cm³/mol. The fourth-order valence-corrected chi connectivity index (χ4v) is 5.99. The van der Waals surface area contributed by atoms with Crippen molar-refractivity contribution in [1.82, 2.24) is 24.6 Å². The molecule has 0 spiro atoms. The first-order valence-electron chi connectivity index (χ1n) is 13.5. The van der Waals surface area contributed by atoms with Crippen molar-refractivity contribution < 1.29 is 19.4 Å². The molecule has 0 aliphatic carbocycles. The molecular formula is C28H36N6O5. The van der Waals surface area contributed by atoms with E-state index in [1.54, 1.807) is 6.20 Å². The number of nitrogens with zero attached hydrogens (tertiary/aromatic N) is 4. The van der Waals surface area contributed by atoms with Gasteiger partial charge in [0.2, 0.25) is 0 Å². The van der Waals surface area contributed by atoms with E-state index < -0.39 is 11.6 Å². The van der Waals surface area contributed by atoms with Crippen LogP contribution in [0.3, 0.4) is 0 Å². The Morgan fingerprint density at radius 1 is 1.15 bits per heavy atom. The molecule has 0 radical (unpaired) electrons. The lowest BCUT2D eigenvalue weighted by molar-refractivity contribution is -0.0586. The summed E-state index contributed by atoms with van der Waals surface area (Å²) < 4.78 is 7.68. The maximum Gasteiger partial charge on any atom is 0.407 e. The van der Waals surface area contributed by atoms with Gasteiger partial charge in [-0.25, -0.2) is 4.79 Å². The van der Waals surface area contributed by atoms with E-state index in [1.165, 1.54) is 4.90 Å². The quantitative estimate of drug-likeness (QED) is 0.450. The highest BCUT2D eigenvalue weighted by Gasteiger charge is 2.38. The molecule has 2 aromatic heterocycles. The summed E-state index contributed by atoms with van der Waals surface area (Å²) in [5, 5.41) is 18.1. The number of H-pyrrole nitrogens is 1. The Kier molecular flexibility index (Phi) is 7.11. The minimum atomic E-state index is -0.918. The SMILES string of the molecule is CCC1(n2nc(Nc3ccc(C(=O)N4C[C@H](C)O[C@@H](C)C4)c(C)c3)c3c(=O)[nH]ccc32)CCN(C(=O)O)CC1. The van der Waals surface area contributed by atoms with E-state index in [-0.39, 0.29) is 23.7 Å². The number of carbonyl (C=O) groups excluding carboxylic acids is 1. The van der Waals surface area contributed by atoms with Gasteiger partial charge in [-0.2, -0.15) is 5.10 Å². The van der Waals surface area contributed by atoms with Crippen LogP contribution < -0.4 is 10.9 Å². The first-order valence-corrected chi connectivity index (χ1v) is 13.5. The lowest BCUT2D eigenvalue weighted by Crippen LogP contribution is -2.48. The number of aryl methyl sites for hydroxylation is 1. The highest BCUT2D eigenvalue weighted by Crippen LogP contribution is 2.37. The van der Waals surface area contributed by atoms with Gasteiger partial charge in [-0.15, -0.1) is 0 Å². The number of pyridine rings is 1. The third kappa shape index (κ3) is 4.98. The van der Waals surface area contributed by atoms with Crippen molar-refractivity contribution in [2.75, 3.05) is 31.5 Å². The second-order valence-corrected chi connectivity index (χ2v) is 10.8. The maximum atomic E-state index is 13.3. The number of ether oxygens (including phenoxy) is 1. The average molecular weight is 537 g/mol. The van der Waals surface area contributed by atoms with Crippen molar-refractivity contribution in [3.8, 4) is 0 Å². The Bertz CT molecular complexity index is 1440. The van der Waals surface area contributed by atoms with E-state index in [0.717, 1.165) is 12.0 Å². The van der Waals surface area contributed by atoms with Crippen molar-refractivity contribution in [2.45, 2.75) is 64.7 Å². The number of aromatic amines is 1. The molecule has 3 N–H and O–H groups in total. The van der Waals surface area contributed by atoms with Crippen LogP contribution in [0.4, 0.5) is 16.3 Å². The molecule has 2 fully saturated rings. The summed E-state index contributed by atoms with van der Waals surface area (Å²) >= 11 is 0. The molecule has 11 heteroatoms. The Labute approximate surface area is 226 Å². The van der Waals surface area contributed by atoms with Crippen LogP contribution in [-0.2, 0) is 10.3 Å². The largest absolute Gasteiger partial charge is 0.465 e. The lowest BCUT2D eigenvalue weighted by Gasteiger charge is -2.41. The summed E-state index contributed by atoms with van der Waals surface area (Å²) in [6.45, 7) is 9.84. The number of benzene rings is 1. The number of rotatable bonds is 5. The standard InChI is InChI=1S/C28H36N6O5/c1-5-28(9-12-32(13-10-28)27(37)38)34-22-8-11-29-25(35)23(22)24(31-34)30-20-6-7-21(17(2)14-20)26(36)33-15-18(3)39-19(4)16-33/h6-8,11,14,18-19H,5,9-10,12-13,15-16H2,1-4H3,(H,29,35)(H,30,31)(H,37,38)/t18-,19-/m0/s1. The molecule has 0 bridgehead atoms. The molecule has 2 saturated heterocycles. The summed E-state index contributed by atoms with van der Waals surface area (Å²) in [7, 11) is 0. The van der Waals surface area contributed by atoms with Crippen molar-refractivity contribution in [3.63, 3.8) is 0 Å². The van der Waals surface area contributed by atoms with Gasteiger partial charge in [-0.05, 0) is 69.9 Å². The van der Waals surface area contributed by atoms with E-state index in [0.29, 0.717) is 67.0 Å². The molecule has 2 amide bonds. The van der Waals surface area contributed by atoms with Crippen molar-refractivity contribution in [3.05, 3.63) is 51.9 Å². The molecule has 2 aliphatic rings. The summed E-state index contributed by atoms with van der Waals surface area (Å²) in [6, 6.07) is 7.37. The predicted octanol–water partition coefficient (Wildman–Crippen LogP) is 3.91. The third-order valence-corrected chi connectivity index (χ3v) is 8.10. The molecule has 0 unspecified atom stereocenters. The number of aromatic nitrogens is 3. The van der Waals surface area contributed by atoms with Crippen LogP contribution in [0.25, 0.3) is 10.9 Å². The minimum absolute atomic E-state index is 0.0109. The van der Waals surface area contributed by atoms with Crippen molar-refractivity contribution in [2.24, 2.45) is 0 Å². The lowest BCUT2D eigenvalue weighted by atomic mass is 9.85. The number of amides is 2. The monoisotopic (exact) mass is 536 g/mol. The number of nitrogens with one attached hydrogen (secondary N) is 2. The molecule has 208 valence electrons. The van der Waals surface area contributed by atoms with Gasteiger partial charge in [-0.1, -0.05) is 6.92 Å². The van der Waals surface area contributed by atoms with E-state index in [4.69, 9.17) is 9.84 Å². The van der Waals surface area contributed by atoms with E-state index in [9.17, 15) is 19.5 Å². The van der Waals surface area contributed by atoms with Crippen LogP contribution in [0.2, 0.25) is 0 Å². The first-order chi connectivity index (χ1) is 18.6. The average Bonchev–Trinajstić information content (AvgIpc) is 3.28. The topological polar surface area (TPSA) is 133 Å². The summed E-state index contributed by atoms with van der Waals surface area (Å²) in [5.74, 6) is 0.402. The smallest absolute Gasteiger partial charge is 0.407 e. The number of anilines is 2. The van der Waals surface area contributed by atoms with E-state index in [2.05, 4.69) is 17.2 Å². The van der Waals surface area contributed by atoms with Gasteiger partial charge < -0.3 is 29.9 Å². The third-order valence-electron chi connectivity index (χ3n) is 8.10. The number of carbonyl (C=O) groups is 2. The Morgan fingerprint density at radius 2 is 1.85 bits per heavy atom. The second kappa shape index (κ2) is 10.4.